The van der Waals surface area contributed by atoms with Gasteiger partial charge in [0.2, 0.25) is 0 Å². The summed E-state index contributed by atoms with van der Waals surface area (Å²) in [6.45, 7) is 2.66. The van der Waals surface area contributed by atoms with Gasteiger partial charge >= 0.3 is 6.18 Å². The highest BCUT2D eigenvalue weighted by Gasteiger charge is 2.30. The van der Waals surface area contributed by atoms with Gasteiger partial charge in [0, 0.05) is 12.1 Å². The molecule has 0 fully saturated rings. The smallest absolute Gasteiger partial charge is 0.328 e. The van der Waals surface area contributed by atoms with Crippen LogP contribution in [0.2, 0.25) is 0 Å². The van der Waals surface area contributed by atoms with E-state index in [2.05, 4.69) is 0 Å². The van der Waals surface area contributed by atoms with E-state index in [1.165, 1.54) is 11.9 Å². The van der Waals surface area contributed by atoms with Gasteiger partial charge in [0.1, 0.15) is 0 Å². The average Bonchev–Trinajstić information content (AvgIpc) is 1.81. The van der Waals surface area contributed by atoms with Crippen LogP contribution in [0.1, 0.15) is 20.3 Å². The molecule has 5 heteroatoms. The molecule has 80 valence electrons. The summed E-state index contributed by atoms with van der Waals surface area (Å²) in [6.07, 6.45) is -3.55. The van der Waals surface area contributed by atoms with E-state index >= 15 is 0 Å². The van der Waals surface area contributed by atoms with Crippen molar-refractivity contribution in [3.63, 3.8) is 0 Å². The molecule has 0 aromatic rings. The highest BCUT2D eigenvalue weighted by molar-refractivity contribution is 4.70. The molecule has 0 heterocycles. The summed E-state index contributed by atoms with van der Waals surface area (Å²) < 4.78 is 35.8. The Morgan fingerprint density at radius 1 is 1.31 bits per heavy atom. The monoisotopic (exact) mass is 198 g/mol. The van der Waals surface area contributed by atoms with Crippen LogP contribution in [0.3, 0.4) is 0 Å². The molecular weight excluding hydrogens is 181 g/mol. The minimum absolute atomic E-state index is 0.0642. The number of halogens is 3. The van der Waals surface area contributed by atoms with Gasteiger partial charge in [0.05, 0.1) is 6.54 Å². The molecular formula is C8H17F3N2. The lowest BCUT2D eigenvalue weighted by Gasteiger charge is -2.26. The predicted octanol–water partition coefficient (Wildman–Crippen LogP) is 1.61. The Kier molecular flexibility index (Phi) is 4.70. The molecule has 0 spiro atoms. The van der Waals surface area contributed by atoms with Crippen molar-refractivity contribution in [3.8, 4) is 0 Å². The molecule has 0 aliphatic carbocycles. The minimum Gasteiger partial charge on any atom is -0.328 e. The van der Waals surface area contributed by atoms with Gasteiger partial charge in [0.15, 0.2) is 0 Å². The first-order valence-electron chi connectivity index (χ1n) is 4.25. The van der Waals surface area contributed by atoms with Crippen LogP contribution in [-0.4, -0.2) is 36.8 Å². The molecule has 0 rings (SSSR count). The average molecular weight is 198 g/mol. The third-order valence-electron chi connectivity index (χ3n) is 1.89. The molecule has 0 saturated heterocycles. The lowest BCUT2D eigenvalue weighted by molar-refractivity contribution is -0.147. The number of nitrogens with two attached hydrogens (primary N) is 1. The van der Waals surface area contributed by atoms with E-state index in [4.69, 9.17) is 5.73 Å². The van der Waals surface area contributed by atoms with E-state index in [1.807, 2.05) is 0 Å². The molecule has 0 saturated carbocycles. The van der Waals surface area contributed by atoms with Gasteiger partial charge in [-0.05, 0) is 27.3 Å². The van der Waals surface area contributed by atoms with E-state index in [0.717, 1.165) is 0 Å². The van der Waals surface area contributed by atoms with Crippen LogP contribution in [0.4, 0.5) is 13.2 Å². The summed E-state index contributed by atoms with van der Waals surface area (Å²) in [5.41, 5.74) is 5.49. The first kappa shape index (κ1) is 12.7. The normalized spacial score (nSPS) is 17.5. The van der Waals surface area contributed by atoms with Gasteiger partial charge in [-0.15, -0.1) is 0 Å². The zero-order chi connectivity index (χ0) is 10.6. The summed E-state index contributed by atoms with van der Waals surface area (Å²) in [5.74, 6) is 0. The van der Waals surface area contributed by atoms with E-state index < -0.39 is 12.7 Å². The first-order valence-corrected chi connectivity index (χ1v) is 4.25. The maximum Gasteiger partial charge on any atom is 0.401 e. The molecule has 2 atom stereocenters. The van der Waals surface area contributed by atoms with Crippen LogP contribution in [0.15, 0.2) is 0 Å². The molecule has 2 unspecified atom stereocenters. The first-order chi connectivity index (χ1) is 5.72. The summed E-state index contributed by atoms with van der Waals surface area (Å²) in [4.78, 5) is 1.27. The Balaban J connectivity index is 3.89. The Morgan fingerprint density at radius 3 is 2.08 bits per heavy atom. The zero-order valence-electron chi connectivity index (χ0n) is 8.23. The van der Waals surface area contributed by atoms with E-state index in [0.29, 0.717) is 6.42 Å². The van der Waals surface area contributed by atoms with Crippen molar-refractivity contribution in [1.29, 1.82) is 0 Å². The van der Waals surface area contributed by atoms with Crippen LogP contribution in [-0.2, 0) is 0 Å². The fraction of sp³-hybridized carbons (Fsp3) is 1.00. The van der Waals surface area contributed by atoms with E-state index in [9.17, 15) is 13.2 Å². The Bertz CT molecular complexity index is 145. The van der Waals surface area contributed by atoms with Gasteiger partial charge in [-0.1, -0.05) is 0 Å². The maximum atomic E-state index is 11.9. The van der Waals surface area contributed by atoms with Crippen LogP contribution in [0, 0.1) is 0 Å². The molecule has 0 bridgehead atoms. The quantitative estimate of drug-likeness (QED) is 0.743. The highest BCUT2D eigenvalue weighted by Crippen LogP contribution is 2.17. The minimum atomic E-state index is -4.12. The second kappa shape index (κ2) is 4.81. The standard InChI is InChI=1S/C8H17F3N2/c1-6(12)4-7(2)13(3)5-8(9,10)11/h6-7H,4-5,12H2,1-3H3. The Morgan fingerprint density at radius 2 is 1.77 bits per heavy atom. The lowest BCUT2D eigenvalue weighted by atomic mass is 10.1. The van der Waals surface area contributed by atoms with Crippen molar-refractivity contribution in [3.05, 3.63) is 0 Å². The summed E-state index contributed by atoms with van der Waals surface area (Å²) in [6, 6.07) is -0.202. The molecule has 2 N–H and O–H groups in total. The molecule has 0 aliphatic rings. The van der Waals surface area contributed by atoms with Gasteiger partial charge in [-0.25, -0.2) is 0 Å². The van der Waals surface area contributed by atoms with Crippen molar-refractivity contribution in [1.82, 2.24) is 4.90 Å². The van der Waals surface area contributed by atoms with E-state index in [1.54, 1.807) is 13.8 Å². The number of alkyl halides is 3. The third-order valence-corrected chi connectivity index (χ3v) is 1.89. The van der Waals surface area contributed by atoms with Crippen LogP contribution in [0.5, 0.6) is 0 Å². The topological polar surface area (TPSA) is 29.3 Å². The predicted molar refractivity (Wildman–Crippen MR) is 46.4 cm³/mol. The number of hydrogen-bond donors (Lipinski definition) is 1. The SMILES string of the molecule is CC(N)CC(C)N(C)CC(F)(F)F. The fourth-order valence-corrected chi connectivity index (χ4v) is 1.16. The number of rotatable bonds is 4. The van der Waals surface area contributed by atoms with Crippen molar-refractivity contribution in [2.45, 2.75) is 38.5 Å². The maximum absolute atomic E-state index is 11.9. The second-order valence-corrected chi connectivity index (χ2v) is 3.59. The fourth-order valence-electron chi connectivity index (χ4n) is 1.16. The molecule has 0 aromatic heterocycles. The molecule has 2 nitrogen and oxygen atoms in total. The van der Waals surface area contributed by atoms with Gasteiger partial charge < -0.3 is 5.73 Å². The summed E-state index contributed by atoms with van der Waals surface area (Å²) in [7, 11) is 1.46. The zero-order valence-corrected chi connectivity index (χ0v) is 8.23. The summed E-state index contributed by atoms with van der Waals surface area (Å²) >= 11 is 0. The molecule has 0 aromatic carbocycles. The van der Waals surface area contributed by atoms with Crippen LogP contribution < -0.4 is 5.73 Å². The van der Waals surface area contributed by atoms with Gasteiger partial charge in [-0.3, -0.25) is 4.90 Å². The second-order valence-electron chi connectivity index (χ2n) is 3.59. The largest absolute Gasteiger partial charge is 0.401 e. The molecule has 0 amide bonds. The Hall–Kier alpha value is -0.290. The van der Waals surface area contributed by atoms with Crippen LogP contribution >= 0.6 is 0 Å². The van der Waals surface area contributed by atoms with Gasteiger partial charge in [-0.2, -0.15) is 13.2 Å². The molecule has 0 radical (unpaired) electrons. The van der Waals surface area contributed by atoms with Crippen LogP contribution in [0.25, 0.3) is 0 Å². The number of nitrogens with zero attached hydrogens (tertiary/aromatic N) is 1. The van der Waals surface area contributed by atoms with Crippen molar-refractivity contribution in [2.75, 3.05) is 13.6 Å². The number of hydrogen-bond acceptors (Lipinski definition) is 2. The third kappa shape index (κ3) is 6.83. The van der Waals surface area contributed by atoms with Crippen molar-refractivity contribution < 1.29 is 13.2 Å². The highest BCUT2D eigenvalue weighted by atomic mass is 19.4. The van der Waals surface area contributed by atoms with Gasteiger partial charge in [0.25, 0.3) is 0 Å². The lowest BCUT2D eigenvalue weighted by Crippen LogP contribution is -2.39. The van der Waals surface area contributed by atoms with Crippen molar-refractivity contribution >= 4 is 0 Å². The van der Waals surface area contributed by atoms with Crippen molar-refractivity contribution in [2.24, 2.45) is 5.73 Å². The summed E-state index contributed by atoms with van der Waals surface area (Å²) in [5, 5.41) is 0. The van der Waals surface area contributed by atoms with E-state index in [-0.39, 0.29) is 12.1 Å². The Labute approximate surface area is 76.9 Å². The molecule has 13 heavy (non-hydrogen) atoms. The molecule has 0 aliphatic heterocycles.